The molecule has 0 amide bonds. The molecule has 2 heteroatoms. The summed E-state index contributed by atoms with van der Waals surface area (Å²) in [5.74, 6) is 1.05. The lowest BCUT2D eigenvalue weighted by molar-refractivity contribution is 0.658. The summed E-state index contributed by atoms with van der Waals surface area (Å²) >= 11 is 0. The van der Waals surface area contributed by atoms with E-state index in [1.165, 1.54) is 108 Å². The van der Waals surface area contributed by atoms with E-state index >= 15 is 0 Å². The third kappa shape index (κ3) is 31.0. The fourth-order valence-corrected chi connectivity index (χ4v) is 15.1. The van der Waals surface area contributed by atoms with Gasteiger partial charge in [-0.1, -0.05) is 285 Å². The highest BCUT2D eigenvalue weighted by atomic mass is 28.3. The number of benzene rings is 7. The van der Waals surface area contributed by atoms with Gasteiger partial charge in [0.15, 0.2) is 0 Å². The zero-order valence-corrected chi connectivity index (χ0v) is 53.4. The van der Waals surface area contributed by atoms with Crippen molar-refractivity contribution in [2.24, 2.45) is 5.92 Å². The van der Waals surface area contributed by atoms with E-state index in [4.69, 9.17) is 0 Å². The minimum atomic E-state index is -0.644. The van der Waals surface area contributed by atoms with Crippen molar-refractivity contribution >= 4 is 16.1 Å². The molecule has 0 radical (unpaired) electrons. The summed E-state index contributed by atoms with van der Waals surface area (Å²) < 4.78 is 0. The number of hydrogen-bond donors (Lipinski definition) is 0. The third-order valence-electron chi connectivity index (χ3n) is 14.7. The molecule has 9 rings (SSSR count). The maximum atomic E-state index is 2.52. The fourth-order valence-electron chi connectivity index (χ4n) is 8.92. The quantitative estimate of drug-likeness (QED) is 0.133. The number of hydrogen-bond acceptors (Lipinski definition) is 0. The standard InChI is InChI=1S/3C9H12.3C8H10.2C7H16Si.C7H8/c1-7-4-8(2)6-9(3)5-7;1-7-4-5-8(2)9(3)6-7;1-7-5-4-6-8(2)9(7)3;1-7-3-5-8(2)6-4-7;1-7-4-3-5-8(2)6-7;1-7-5-3-4-6-8(7)2;1-7-4-5-8(2,3)6-7;1-7-5-4-6-8(7,2)3;1-7-5-3-2-4-6-7/h3*4-6H,1-3H3;3*3-6H,1-2H3;2*7H,4-6H2,1-3H3;2-6H,1H3. The van der Waals surface area contributed by atoms with Gasteiger partial charge in [-0.25, -0.2) is 0 Å². The zero-order valence-electron chi connectivity index (χ0n) is 51.4. The normalized spacial score (nSPS) is 15.1. The van der Waals surface area contributed by atoms with Crippen LogP contribution in [0.2, 0.25) is 49.9 Å². The first-order valence-corrected chi connectivity index (χ1v) is 34.5. The molecule has 2 saturated heterocycles. The van der Waals surface area contributed by atoms with Crippen LogP contribution in [0.15, 0.2) is 158 Å². The second-order valence-electron chi connectivity index (χ2n) is 23.6. The Balaban J connectivity index is 0.000000417. The predicted molar refractivity (Wildman–Crippen MR) is 343 cm³/mol. The van der Waals surface area contributed by atoms with Gasteiger partial charge in [-0.3, -0.25) is 0 Å². The van der Waals surface area contributed by atoms with Crippen molar-refractivity contribution in [1.82, 2.24) is 0 Å². The van der Waals surface area contributed by atoms with Crippen LogP contribution in [0.25, 0.3) is 0 Å². The van der Waals surface area contributed by atoms with Crippen LogP contribution in [-0.2, 0) is 0 Å². The van der Waals surface area contributed by atoms with Gasteiger partial charge in [0.1, 0.15) is 0 Å². The zero-order chi connectivity index (χ0) is 56.0. The van der Waals surface area contributed by atoms with Gasteiger partial charge >= 0.3 is 0 Å². The first-order valence-electron chi connectivity index (χ1n) is 27.8. The lowest BCUT2D eigenvalue weighted by atomic mass is 10.1. The van der Waals surface area contributed by atoms with Gasteiger partial charge in [-0.05, 0) is 161 Å². The molecule has 0 saturated carbocycles. The van der Waals surface area contributed by atoms with E-state index in [2.05, 4.69) is 290 Å². The monoisotopic (exact) mass is 1030 g/mol. The third-order valence-corrected chi connectivity index (χ3v) is 22.7. The van der Waals surface area contributed by atoms with Crippen LogP contribution in [0.4, 0.5) is 0 Å². The second-order valence-corrected chi connectivity index (χ2v) is 34.3. The maximum Gasteiger partial charge on any atom is 0.0502 e. The molecule has 7 aromatic carbocycles. The largest absolute Gasteiger partial charge is 0.0693 e. The molecular formula is C72H106Si2. The van der Waals surface area contributed by atoms with Crippen LogP contribution in [0, 0.1) is 117 Å². The molecule has 0 bridgehead atoms. The fraction of sp³-hybridized carbons (Fsp3) is 0.417. The van der Waals surface area contributed by atoms with Crippen LogP contribution in [0.1, 0.15) is 122 Å². The lowest BCUT2D eigenvalue weighted by Crippen LogP contribution is -2.24. The molecule has 0 nitrogen and oxygen atoms in total. The van der Waals surface area contributed by atoms with Gasteiger partial charge in [0.25, 0.3) is 0 Å². The van der Waals surface area contributed by atoms with E-state index in [9.17, 15) is 0 Å². The Kier molecular flexibility index (Phi) is 31.9. The first-order chi connectivity index (χ1) is 34.6. The minimum Gasteiger partial charge on any atom is -0.0693 e. The van der Waals surface area contributed by atoms with E-state index in [-0.39, 0.29) is 0 Å². The van der Waals surface area contributed by atoms with Crippen LogP contribution in [0.3, 0.4) is 0 Å². The summed E-state index contributed by atoms with van der Waals surface area (Å²) in [6, 6.07) is 59.7. The summed E-state index contributed by atoms with van der Waals surface area (Å²) in [5, 5.41) is 0. The summed E-state index contributed by atoms with van der Waals surface area (Å²) in [6.45, 7) is 48.8. The summed E-state index contributed by atoms with van der Waals surface area (Å²) in [4.78, 5) is 0. The van der Waals surface area contributed by atoms with Crippen molar-refractivity contribution in [3.63, 3.8) is 0 Å². The highest BCUT2D eigenvalue weighted by Gasteiger charge is 2.32. The molecule has 2 unspecified atom stereocenters. The molecule has 2 aliphatic rings. The van der Waals surface area contributed by atoms with E-state index in [0.717, 1.165) is 11.5 Å². The molecule has 0 spiro atoms. The highest BCUT2D eigenvalue weighted by Crippen LogP contribution is 2.38. The summed E-state index contributed by atoms with van der Waals surface area (Å²) in [6.07, 6.45) is 4.54. The molecule has 2 aliphatic heterocycles. The molecule has 402 valence electrons. The van der Waals surface area contributed by atoms with Crippen molar-refractivity contribution in [2.75, 3.05) is 0 Å². The SMILES string of the molecule is CC1CCC[Si]1(C)C.CC1CC[Si](C)(C)C1.Cc1cc(C)cc(C)c1.Cc1ccc(C)c(C)c1.Cc1ccc(C)cc1.Cc1cccc(C)c1.Cc1cccc(C)c1C.Cc1ccccc1.Cc1ccccc1C. The Hall–Kier alpha value is -5.03. The average Bonchev–Trinajstić information content (AvgIpc) is 3.82. The van der Waals surface area contributed by atoms with E-state index < -0.39 is 16.1 Å². The minimum absolute atomic E-state index is 0.603. The van der Waals surface area contributed by atoms with Crippen LogP contribution >= 0.6 is 0 Å². The second kappa shape index (κ2) is 35.3. The molecule has 0 aromatic heterocycles. The van der Waals surface area contributed by atoms with Crippen molar-refractivity contribution in [2.45, 2.75) is 194 Å². The average molecular weight is 1030 g/mol. The lowest BCUT2D eigenvalue weighted by Gasteiger charge is -2.19. The van der Waals surface area contributed by atoms with Crippen molar-refractivity contribution in [3.05, 3.63) is 247 Å². The Morgan fingerprint density at radius 2 is 0.662 bits per heavy atom. The highest BCUT2D eigenvalue weighted by molar-refractivity contribution is 6.79. The van der Waals surface area contributed by atoms with Crippen molar-refractivity contribution in [1.29, 1.82) is 0 Å². The molecule has 74 heavy (non-hydrogen) atoms. The molecule has 2 atom stereocenters. The molecular weight excluding hydrogens is 921 g/mol. The van der Waals surface area contributed by atoms with Gasteiger partial charge in [0.05, 0.1) is 8.07 Å². The smallest absolute Gasteiger partial charge is 0.0502 e. The molecule has 7 aromatic rings. The van der Waals surface area contributed by atoms with E-state index in [1.54, 1.807) is 18.1 Å². The number of aryl methyl sites for hydroxylation is 15. The van der Waals surface area contributed by atoms with Gasteiger partial charge in [-0.2, -0.15) is 0 Å². The molecule has 0 aliphatic carbocycles. The topological polar surface area (TPSA) is 0 Å². The van der Waals surface area contributed by atoms with Gasteiger partial charge in [0, 0.05) is 8.07 Å². The van der Waals surface area contributed by atoms with Crippen LogP contribution in [-0.4, -0.2) is 16.1 Å². The first kappa shape index (κ1) is 67.0. The van der Waals surface area contributed by atoms with Crippen molar-refractivity contribution < 1.29 is 0 Å². The van der Waals surface area contributed by atoms with Crippen LogP contribution in [0.5, 0.6) is 0 Å². The van der Waals surface area contributed by atoms with Crippen molar-refractivity contribution in [3.8, 4) is 0 Å². The Labute approximate surface area is 460 Å². The maximum absolute atomic E-state index is 2.52. The molecule has 0 N–H and O–H groups in total. The molecule has 2 fully saturated rings. The summed E-state index contributed by atoms with van der Waals surface area (Å²) in [7, 11) is -1.25. The van der Waals surface area contributed by atoms with E-state index in [1.807, 2.05) is 18.2 Å². The van der Waals surface area contributed by atoms with Gasteiger partial charge in [-0.15, -0.1) is 0 Å². The van der Waals surface area contributed by atoms with Gasteiger partial charge in [0.2, 0.25) is 0 Å². The summed E-state index contributed by atoms with van der Waals surface area (Å²) in [5.41, 5.74) is 22.8. The Morgan fingerprint density at radius 1 is 0.311 bits per heavy atom. The molecule has 2 heterocycles. The van der Waals surface area contributed by atoms with Gasteiger partial charge < -0.3 is 0 Å². The number of rotatable bonds is 0. The Morgan fingerprint density at radius 3 is 0.919 bits per heavy atom. The predicted octanol–water partition coefficient (Wildman–Crippen LogP) is 22.4. The van der Waals surface area contributed by atoms with E-state index in [0.29, 0.717) is 0 Å². The Bertz CT molecular complexity index is 2460. The van der Waals surface area contributed by atoms with Crippen LogP contribution < -0.4 is 0 Å².